The van der Waals surface area contributed by atoms with Crippen molar-refractivity contribution in [1.82, 2.24) is 24.1 Å². The van der Waals surface area contributed by atoms with Gasteiger partial charge in [-0.1, -0.05) is 13.8 Å². The van der Waals surface area contributed by atoms with E-state index in [0.717, 1.165) is 5.82 Å². The van der Waals surface area contributed by atoms with Crippen LogP contribution in [-0.2, 0) is 16.6 Å². The lowest BCUT2D eigenvalue weighted by atomic mass is 10.1. The molecule has 0 unspecified atom stereocenters. The molecule has 2 aromatic heterocycles. The molecule has 0 N–H and O–H groups in total. The number of nitrogens with zero attached hydrogens (tertiary/aromatic N) is 5. The summed E-state index contributed by atoms with van der Waals surface area (Å²) in [5.74, 6) is 1.85. The van der Waals surface area contributed by atoms with E-state index in [1.54, 1.807) is 18.3 Å². The van der Waals surface area contributed by atoms with Gasteiger partial charge in [-0.15, -0.1) is 10.2 Å². The second kappa shape index (κ2) is 5.44. The largest absolute Gasteiger partial charge is 0.309 e. The average molecular weight is 321 g/mol. The van der Waals surface area contributed by atoms with Gasteiger partial charge in [0.15, 0.2) is 0 Å². The smallest absolute Gasteiger partial charge is 0.245 e. The lowest BCUT2D eigenvalue weighted by Crippen LogP contribution is -2.40. The quantitative estimate of drug-likeness (QED) is 0.857. The molecule has 3 heterocycles. The van der Waals surface area contributed by atoms with Crippen LogP contribution in [0.3, 0.4) is 0 Å². The van der Waals surface area contributed by atoms with Gasteiger partial charge >= 0.3 is 0 Å². The first kappa shape index (κ1) is 15.1. The summed E-state index contributed by atoms with van der Waals surface area (Å²) in [5.41, 5.74) is 0. The molecule has 7 nitrogen and oxygen atoms in total. The Kier molecular flexibility index (Phi) is 3.73. The normalized spacial score (nSPS) is 19.4. The number of pyridine rings is 1. The molecule has 0 fully saturated rings. The molecule has 118 valence electrons. The van der Waals surface area contributed by atoms with E-state index in [-0.39, 0.29) is 23.4 Å². The Hall–Kier alpha value is -1.80. The third kappa shape index (κ3) is 2.42. The van der Waals surface area contributed by atoms with Crippen LogP contribution in [0.4, 0.5) is 0 Å². The van der Waals surface area contributed by atoms with Crippen LogP contribution in [0.25, 0.3) is 0 Å². The maximum atomic E-state index is 12.7. The van der Waals surface area contributed by atoms with E-state index in [2.05, 4.69) is 33.6 Å². The van der Waals surface area contributed by atoms with E-state index in [4.69, 9.17) is 0 Å². The van der Waals surface area contributed by atoms with Gasteiger partial charge in [-0.25, -0.2) is 8.42 Å². The summed E-state index contributed by atoms with van der Waals surface area (Å²) in [6.07, 6.45) is 2.93. The second-order valence-corrected chi connectivity index (χ2v) is 7.77. The molecular formula is C14H19N5O2S. The average Bonchev–Trinajstić information content (AvgIpc) is 2.93. The van der Waals surface area contributed by atoms with Crippen LogP contribution in [0.15, 0.2) is 29.4 Å². The molecule has 0 amide bonds. The van der Waals surface area contributed by atoms with Gasteiger partial charge in [0.1, 0.15) is 16.5 Å². The van der Waals surface area contributed by atoms with Crippen molar-refractivity contribution in [2.45, 2.75) is 44.2 Å². The third-order valence-electron chi connectivity index (χ3n) is 3.81. The summed E-state index contributed by atoms with van der Waals surface area (Å²) in [5, 5.41) is 8.39. The standard InChI is InChI=1S/C14H19N5O2S/c1-10(2)14-17-16-13-9-18(8-11(3)19(13)14)22(20,21)12-5-4-6-15-7-12/h4-7,10-11H,8-9H2,1-3H3/t11-/m0/s1. The van der Waals surface area contributed by atoms with E-state index in [0.29, 0.717) is 12.4 Å². The first-order chi connectivity index (χ1) is 10.4. The summed E-state index contributed by atoms with van der Waals surface area (Å²) in [6, 6.07) is 3.19. The molecule has 1 atom stereocenters. The zero-order valence-electron chi connectivity index (χ0n) is 12.8. The van der Waals surface area contributed by atoms with Gasteiger partial charge in [-0.05, 0) is 19.1 Å². The van der Waals surface area contributed by atoms with Crippen LogP contribution in [0.5, 0.6) is 0 Å². The lowest BCUT2D eigenvalue weighted by molar-refractivity contribution is 0.285. The van der Waals surface area contributed by atoms with Crippen LogP contribution in [-0.4, -0.2) is 39.0 Å². The summed E-state index contributed by atoms with van der Waals surface area (Å²) in [7, 11) is -3.56. The molecule has 22 heavy (non-hydrogen) atoms. The van der Waals surface area contributed by atoms with Crippen molar-refractivity contribution in [2.24, 2.45) is 0 Å². The molecule has 1 aliphatic rings. The first-order valence-corrected chi connectivity index (χ1v) is 8.69. The zero-order valence-corrected chi connectivity index (χ0v) is 13.7. The third-order valence-corrected chi connectivity index (χ3v) is 5.60. The fraction of sp³-hybridized carbons (Fsp3) is 0.500. The van der Waals surface area contributed by atoms with E-state index in [1.807, 2.05) is 6.92 Å². The Morgan fingerprint density at radius 2 is 2.09 bits per heavy atom. The maximum absolute atomic E-state index is 12.7. The molecular weight excluding hydrogens is 302 g/mol. The predicted octanol–water partition coefficient (Wildman–Crippen LogP) is 1.56. The fourth-order valence-electron chi connectivity index (χ4n) is 2.75. The summed E-state index contributed by atoms with van der Waals surface area (Å²) >= 11 is 0. The van der Waals surface area contributed by atoms with Crippen LogP contribution in [0, 0.1) is 0 Å². The Balaban J connectivity index is 1.96. The van der Waals surface area contributed by atoms with Crippen LogP contribution in [0.2, 0.25) is 0 Å². The van der Waals surface area contributed by atoms with Gasteiger partial charge in [0.25, 0.3) is 0 Å². The van der Waals surface area contributed by atoms with Crippen molar-refractivity contribution >= 4 is 10.0 Å². The van der Waals surface area contributed by atoms with Gasteiger partial charge in [-0.2, -0.15) is 4.31 Å². The van der Waals surface area contributed by atoms with Crippen LogP contribution >= 0.6 is 0 Å². The number of fused-ring (bicyclic) bond motifs is 1. The topological polar surface area (TPSA) is 81.0 Å². The van der Waals surface area contributed by atoms with Gasteiger partial charge < -0.3 is 4.57 Å². The predicted molar refractivity (Wildman–Crippen MR) is 80.7 cm³/mol. The Bertz CT molecular complexity index is 770. The summed E-state index contributed by atoms with van der Waals surface area (Å²) in [6.45, 7) is 6.75. The molecule has 0 spiro atoms. The molecule has 2 aromatic rings. The minimum absolute atomic E-state index is 0.00240. The molecule has 3 rings (SSSR count). The lowest BCUT2D eigenvalue weighted by Gasteiger charge is -2.32. The number of hydrogen-bond donors (Lipinski definition) is 0. The molecule has 0 aromatic carbocycles. The van der Waals surface area contributed by atoms with Crippen molar-refractivity contribution < 1.29 is 8.42 Å². The molecule has 0 saturated heterocycles. The highest BCUT2D eigenvalue weighted by atomic mass is 32.2. The fourth-order valence-corrected chi connectivity index (χ4v) is 4.19. The van der Waals surface area contributed by atoms with Gasteiger partial charge in [0, 0.05) is 30.9 Å². The van der Waals surface area contributed by atoms with Crippen LogP contribution < -0.4 is 0 Å². The van der Waals surface area contributed by atoms with E-state index in [1.165, 1.54) is 10.5 Å². The summed E-state index contributed by atoms with van der Waals surface area (Å²) < 4.78 is 28.9. The Morgan fingerprint density at radius 1 is 1.32 bits per heavy atom. The van der Waals surface area contributed by atoms with Crippen molar-refractivity contribution in [3.8, 4) is 0 Å². The highest BCUT2D eigenvalue weighted by molar-refractivity contribution is 7.89. The summed E-state index contributed by atoms with van der Waals surface area (Å²) in [4.78, 5) is 4.11. The first-order valence-electron chi connectivity index (χ1n) is 7.25. The highest BCUT2D eigenvalue weighted by Gasteiger charge is 2.34. The minimum atomic E-state index is -3.56. The Morgan fingerprint density at radius 3 is 2.73 bits per heavy atom. The van der Waals surface area contributed by atoms with Crippen molar-refractivity contribution in [2.75, 3.05) is 6.54 Å². The SMILES string of the molecule is CC(C)c1nnc2n1[C@@H](C)CN(S(=O)(=O)c1cccnc1)C2. The highest BCUT2D eigenvalue weighted by Crippen LogP contribution is 2.28. The number of aromatic nitrogens is 4. The number of hydrogen-bond acceptors (Lipinski definition) is 5. The molecule has 0 aliphatic carbocycles. The van der Waals surface area contributed by atoms with Crippen LogP contribution in [0.1, 0.15) is 44.4 Å². The molecule has 0 radical (unpaired) electrons. The van der Waals surface area contributed by atoms with Crippen molar-refractivity contribution in [1.29, 1.82) is 0 Å². The monoisotopic (exact) mass is 321 g/mol. The molecule has 8 heteroatoms. The van der Waals surface area contributed by atoms with E-state index in [9.17, 15) is 8.42 Å². The van der Waals surface area contributed by atoms with Gasteiger partial charge in [0.2, 0.25) is 10.0 Å². The van der Waals surface area contributed by atoms with Gasteiger partial charge in [-0.3, -0.25) is 4.98 Å². The minimum Gasteiger partial charge on any atom is -0.309 e. The zero-order chi connectivity index (χ0) is 15.9. The van der Waals surface area contributed by atoms with E-state index >= 15 is 0 Å². The number of rotatable bonds is 3. The number of sulfonamides is 1. The van der Waals surface area contributed by atoms with Gasteiger partial charge in [0.05, 0.1) is 6.54 Å². The van der Waals surface area contributed by atoms with Crippen molar-refractivity contribution in [3.05, 3.63) is 36.2 Å². The maximum Gasteiger partial charge on any atom is 0.245 e. The Labute approximate surface area is 130 Å². The second-order valence-electron chi connectivity index (χ2n) is 5.83. The van der Waals surface area contributed by atoms with E-state index < -0.39 is 10.0 Å². The molecule has 1 aliphatic heterocycles. The molecule has 0 bridgehead atoms. The van der Waals surface area contributed by atoms with Crippen molar-refractivity contribution in [3.63, 3.8) is 0 Å². The molecule has 0 saturated carbocycles.